The molecule has 90 valence electrons. The number of ether oxygens (including phenoxy) is 2. The summed E-state index contributed by atoms with van der Waals surface area (Å²) in [6.07, 6.45) is 0. The van der Waals surface area contributed by atoms with Gasteiger partial charge in [0.15, 0.2) is 0 Å². The molecule has 0 aliphatic heterocycles. The van der Waals surface area contributed by atoms with E-state index in [0.717, 1.165) is 28.7 Å². The lowest BCUT2D eigenvalue weighted by Crippen LogP contribution is -2.32. The van der Waals surface area contributed by atoms with Gasteiger partial charge < -0.3 is 9.47 Å². The van der Waals surface area contributed by atoms with Gasteiger partial charge in [-0.25, -0.2) is 0 Å². The van der Waals surface area contributed by atoms with Crippen LogP contribution in [-0.2, 0) is 7.05 Å². The Bertz CT molecular complexity index is 493. The lowest BCUT2D eigenvalue weighted by molar-refractivity contribution is -0.733. The summed E-state index contributed by atoms with van der Waals surface area (Å²) >= 11 is 0. The molecule has 0 bridgehead atoms. The average Bonchev–Trinajstić information content (AvgIpc) is 2.68. The topological polar surface area (TPSA) is 51.0 Å². The van der Waals surface area contributed by atoms with E-state index in [1.165, 1.54) is 0 Å². The second kappa shape index (κ2) is 4.45. The van der Waals surface area contributed by atoms with Gasteiger partial charge in [-0.05, 0) is 17.1 Å². The van der Waals surface area contributed by atoms with E-state index >= 15 is 0 Å². The molecular weight excluding hydrogens is 218 g/mol. The third kappa shape index (κ3) is 1.95. The second-order valence-electron chi connectivity index (χ2n) is 3.72. The third-order valence-corrected chi connectivity index (χ3v) is 2.70. The van der Waals surface area contributed by atoms with Crippen molar-refractivity contribution in [2.75, 3.05) is 14.2 Å². The molecule has 0 radical (unpaired) electrons. The maximum Gasteiger partial charge on any atom is 0.316 e. The number of rotatable bonds is 3. The standard InChI is InChI=1S/C12H15N3O2/c1-8-13-12(14-15(8)2)11-9(16-3)6-5-7-10(11)17-4/h5-7H,1-4H3/p+1. The molecule has 2 aromatic rings. The Morgan fingerprint density at radius 2 is 1.76 bits per heavy atom. The highest BCUT2D eigenvalue weighted by atomic mass is 16.5. The molecule has 1 aromatic heterocycles. The monoisotopic (exact) mass is 234 g/mol. The van der Waals surface area contributed by atoms with Crippen LogP contribution in [0.4, 0.5) is 0 Å². The lowest BCUT2D eigenvalue weighted by atomic mass is 10.1. The molecule has 17 heavy (non-hydrogen) atoms. The molecule has 5 heteroatoms. The molecule has 0 atom stereocenters. The van der Waals surface area contributed by atoms with Gasteiger partial charge in [0.2, 0.25) is 0 Å². The summed E-state index contributed by atoms with van der Waals surface area (Å²) in [5.41, 5.74) is 0.834. The Balaban J connectivity index is 2.63. The predicted octanol–water partition coefficient (Wildman–Crippen LogP) is 1.23. The van der Waals surface area contributed by atoms with E-state index in [4.69, 9.17) is 9.47 Å². The molecule has 0 saturated carbocycles. The summed E-state index contributed by atoms with van der Waals surface area (Å²) in [6, 6.07) is 5.66. The van der Waals surface area contributed by atoms with Crippen molar-refractivity contribution in [3.63, 3.8) is 0 Å². The molecule has 0 saturated heterocycles. The Morgan fingerprint density at radius 3 is 2.18 bits per heavy atom. The minimum absolute atomic E-state index is 0.735. The van der Waals surface area contributed by atoms with Crippen molar-refractivity contribution in [1.29, 1.82) is 0 Å². The van der Waals surface area contributed by atoms with Crippen LogP contribution in [0.1, 0.15) is 5.82 Å². The Kier molecular flexibility index (Phi) is 2.99. The maximum absolute atomic E-state index is 5.34. The molecule has 0 unspecified atom stereocenters. The van der Waals surface area contributed by atoms with Gasteiger partial charge in [-0.2, -0.15) is 9.78 Å². The second-order valence-corrected chi connectivity index (χ2v) is 3.72. The minimum atomic E-state index is 0.735. The summed E-state index contributed by atoms with van der Waals surface area (Å²) < 4.78 is 12.5. The Labute approximate surface area is 100 Å². The van der Waals surface area contributed by atoms with Gasteiger partial charge in [-0.15, -0.1) is 0 Å². The number of hydrogen-bond acceptors (Lipinski definition) is 3. The van der Waals surface area contributed by atoms with Crippen molar-refractivity contribution in [2.24, 2.45) is 7.05 Å². The van der Waals surface area contributed by atoms with Crippen LogP contribution >= 0.6 is 0 Å². The van der Waals surface area contributed by atoms with Crippen molar-refractivity contribution in [3.8, 4) is 22.9 Å². The third-order valence-electron chi connectivity index (χ3n) is 2.70. The van der Waals surface area contributed by atoms with Crippen LogP contribution in [0.3, 0.4) is 0 Å². The van der Waals surface area contributed by atoms with Crippen LogP contribution in [-0.4, -0.2) is 24.3 Å². The van der Waals surface area contributed by atoms with E-state index < -0.39 is 0 Å². The van der Waals surface area contributed by atoms with Crippen molar-refractivity contribution >= 4 is 0 Å². The Hall–Kier alpha value is -2.04. The zero-order valence-corrected chi connectivity index (χ0v) is 10.4. The normalized spacial score (nSPS) is 10.4. The van der Waals surface area contributed by atoms with Crippen LogP contribution in [0.2, 0.25) is 0 Å². The molecule has 5 nitrogen and oxygen atoms in total. The van der Waals surface area contributed by atoms with Gasteiger partial charge in [-0.1, -0.05) is 6.07 Å². The number of aryl methyl sites for hydroxylation is 2. The SMILES string of the molecule is COc1cccc(OC)c1-c1nc(C)[n+](C)[nH]1. The molecule has 0 aliphatic rings. The van der Waals surface area contributed by atoms with Gasteiger partial charge in [0.05, 0.1) is 14.2 Å². The predicted molar refractivity (Wildman–Crippen MR) is 63.0 cm³/mol. The van der Waals surface area contributed by atoms with E-state index in [0.29, 0.717) is 0 Å². The summed E-state index contributed by atoms with van der Waals surface area (Å²) in [6.45, 7) is 1.93. The Morgan fingerprint density at radius 1 is 1.18 bits per heavy atom. The number of methoxy groups -OCH3 is 2. The number of nitrogens with one attached hydrogen (secondary N) is 1. The van der Waals surface area contributed by atoms with Gasteiger partial charge in [0.1, 0.15) is 24.1 Å². The lowest BCUT2D eigenvalue weighted by Gasteiger charge is -2.08. The number of aromatic amines is 1. The van der Waals surface area contributed by atoms with E-state index in [-0.39, 0.29) is 0 Å². The highest BCUT2D eigenvalue weighted by molar-refractivity contribution is 5.71. The van der Waals surface area contributed by atoms with Crippen LogP contribution in [0, 0.1) is 6.92 Å². The number of H-pyrrole nitrogens is 1. The first-order valence-electron chi connectivity index (χ1n) is 5.31. The van der Waals surface area contributed by atoms with Crippen molar-refractivity contribution < 1.29 is 14.2 Å². The summed E-state index contributed by atoms with van der Waals surface area (Å²) in [5, 5.41) is 3.16. The average molecular weight is 234 g/mol. The van der Waals surface area contributed by atoms with Gasteiger partial charge in [0, 0.05) is 6.92 Å². The molecule has 0 fully saturated rings. The van der Waals surface area contributed by atoms with Crippen molar-refractivity contribution in [3.05, 3.63) is 24.0 Å². The van der Waals surface area contributed by atoms with E-state index in [2.05, 4.69) is 10.1 Å². The van der Waals surface area contributed by atoms with Crippen molar-refractivity contribution in [1.82, 2.24) is 10.1 Å². The van der Waals surface area contributed by atoms with Gasteiger partial charge >= 0.3 is 5.82 Å². The summed E-state index contributed by atoms with van der Waals surface area (Å²) in [7, 11) is 5.18. The van der Waals surface area contributed by atoms with E-state index in [9.17, 15) is 0 Å². The summed E-state index contributed by atoms with van der Waals surface area (Å²) in [5.74, 6) is 3.10. The fraction of sp³-hybridized carbons (Fsp3) is 0.333. The molecule has 0 amide bonds. The quantitative estimate of drug-likeness (QED) is 0.813. The van der Waals surface area contributed by atoms with Gasteiger partial charge in [0.25, 0.3) is 5.82 Å². The maximum atomic E-state index is 5.34. The smallest absolute Gasteiger partial charge is 0.316 e. The zero-order chi connectivity index (χ0) is 12.4. The number of aromatic nitrogens is 3. The number of benzene rings is 1. The van der Waals surface area contributed by atoms with Gasteiger partial charge in [-0.3, -0.25) is 0 Å². The minimum Gasteiger partial charge on any atom is -0.496 e. The van der Waals surface area contributed by atoms with Crippen LogP contribution in [0.25, 0.3) is 11.4 Å². The molecule has 0 aliphatic carbocycles. The fourth-order valence-corrected chi connectivity index (χ4v) is 1.70. The number of nitrogens with zero attached hydrogens (tertiary/aromatic N) is 2. The first-order chi connectivity index (χ1) is 8.17. The zero-order valence-electron chi connectivity index (χ0n) is 10.4. The van der Waals surface area contributed by atoms with E-state index in [1.54, 1.807) is 14.2 Å². The first kappa shape index (κ1) is 11.4. The highest BCUT2D eigenvalue weighted by Gasteiger charge is 2.22. The van der Waals surface area contributed by atoms with Crippen LogP contribution in [0.15, 0.2) is 18.2 Å². The number of hydrogen-bond donors (Lipinski definition) is 1. The van der Waals surface area contributed by atoms with Crippen molar-refractivity contribution in [2.45, 2.75) is 6.92 Å². The van der Waals surface area contributed by atoms with Crippen LogP contribution in [0.5, 0.6) is 11.5 Å². The molecular formula is C12H16N3O2+. The molecule has 2 rings (SSSR count). The largest absolute Gasteiger partial charge is 0.496 e. The van der Waals surface area contributed by atoms with E-state index in [1.807, 2.05) is 36.9 Å². The summed E-state index contributed by atoms with van der Waals surface area (Å²) in [4.78, 5) is 4.45. The molecule has 1 heterocycles. The first-order valence-corrected chi connectivity index (χ1v) is 5.31. The molecule has 0 spiro atoms. The van der Waals surface area contributed by atoms with Crippen LogP contribution < -0.4 is 14.2 Å². The highest BCUT2D eigenvalue weighted by Crippen LogP contribution is 2.35. The fourth-order valence-electron chi connectivity index (χ4n) is 1.70. The molecule has 1 N–H and O–H groups in total. The molecule has 1 aromatic carbocycles.